The molecule has 1 heterocycles. The van der Waals surface area contributed by atoms with Crippen LogP contribution in [0.15, 0.2) is 18.2 Å². The molecule has 1 aliphatic carbocycles. The van der Waals surface area contributed by atoms with E-state index < -0.39 is 0 Å². The van der Waals surface area contributed by atoms with Crippen LogP contribution in [0.2, 0.25) is 0 Å². The smallest absolute Gasteiger partial charge is 0.123 e. The summed E-state index contributed by atoms with van der Waals surface area (Å²) in [5.74, 6) is 1.49. The van der Waals surface area contributed by atoms with Crippen LogP contribution in [-0.4, -0.2) is 19.1 Å². The van der Waals surface area contributed by atoms with Crippen LogP contribution in [0.4, 0.5) is 10.1 Å². The number of benzene rings is 1. The van der Waals surface area contributed by atoms with Gasteiger partial charge in [0, 0.05) is 31.4 Å². The summed E-state index contributed by atoms with van der Waals surface area (Å²) in [6, 6.07) is 5.94. The van der Waals surface area contributed by atoms with Crippen LogP contribution in [0.25, 0.3) is 0 Å². The highest BCUT2D eigenvalue weighted by atomic mass is 19.1. The van der Waals surface area contributed by atoms with Crippen molar-refractivity contribution in [1.82, 2.24) is 5.32 Å². The minimum Gasteiger partial charge on any atom is -0.371 e. The number of rotatable bonds is 5. The summed E-state index contributed by atoms with van der Waals surface area (Å²) in [6.45, 7) is 7.64. The zero-order valence-electron chi connectivity index (χ0n) is 13.2. The van der Waals surface area contributed by atoms with E-state index in [1.807, 2.05) is 6.07 Å². The maximum Gasteiger partial charge on any atom is 0.123 e. The molecule has 21 heavy (non-hydrogen) atoms. The van der Waals surface area contributed by atoms with Crippen molar-refractivity contribution in [3.8, 4) is 0 Å². The first-order chi connectivity index (χ1) is 10.1. The Kier molecular flexibility index (Phi) is 4.48. The van der Waals surface area contributed by atoms with Crippen LogP contribution in [0.3, 0.4) is 0 Å². The summed E-state index contributed by atoms with van der Waals surface area (Å²) < 4.78 is 13.6. The fraction of sp³-hybridized carbons (Fsp3) is 0.667. The molecular weight excluding hydrogens is 263 g/mol. The zero-order chi connectivity index (χ0) is 14.8. The molecule has 0 amide bonds. The maximum absolute atomic E-state index is 13.6. The van der Waals surface area contributed by atoms with E-state index in [1.54, 1.807) is 12.1 Å². The van der Waals surface area contributed by atoms with Gasteiger partial charge in [-0.3, -0.25) is 0 Å². The van der Waals surface area contributed by atoms with Gasteiger partial charge in [0.25, 0.3) is 0 Å². The van der Waals surface area contributed by atoms with Crippen molar-refractivity contribution in [3.63, 3.8) is 0 Å². The molecule has 0 atom stereocenters. The van der Waals surface area contributed by atoms with Crippen molar-refractivity contribution in [2.45, 2.75) is 52.1 Å². The lowest BCUT2D eigenvalue weighted by molar-refractivity contribution is 0.311. The van der Waals surface area contributed by atoms with E-state index in [0.717, 1.165) is 37.0 Å². The second-order valence-corrected chi connectivity index (χ2v) is 7.00. The summed E-state index contributed by atoms with van der Waals surface area (Å²) in [6.07, 6.45) is 5.05. The number of nitrogens with one attached hydrogen (secondary N) is 1. The third kappa shape index (κ3) is 3.76. The molecule has 1 aliphatic heterocycles. The molecule has 0 aromatic heterocycles. The summed E-state index contributed by atoms with van der Waals surface area (Å²) in [7, 11) is 0. The molecule has 0 unspecified atom stereocenters. The highest BCUT2D eigenvalue weighted by Crippen LogP contribution is 2.30. The molecule has 116 valence electrons. The van der Waals surface area contributed by atoms with E-state index in [0.29, 0.717) is 6.04 Å². The first-order valence-corrected chi connectivity index (χ1v) is 8.40. The minimum absolute atomic E-state index is 0.122. The van der Waals surface area contributed by atoms with E-state index in [4.69, 9.17) is 0 Å². The topological polar surface area (TPSA) is 15.3 Å². The Balaban J connectivity index is 1.68. The Bertz CT molecular complexity index is 474. The Morgan fingerprint density at radius 2 is 1.90 bits per heavy atom. The molecular formula is C18H27FN2. The molecule has 1 saturated heterocycles. The van der Waals surface area contributed by atoms with Gasteiger partial charge in [-0.05, 0) is 61.3 Å². The third-order valence-corrected chi connectivity index (χ3v) is 5.02. The number of halogens is 1. The van der Waals surface area contributed by atoms with Crippen molar-refractivity contribution in [2.24, 2.45) is 11.8 Å². The quantitative estimate of drug-likeness (QED) is 0.883. The van der Waals surface area contributed by atoms with Crippen LogP contribution in [-0.2, 0) is 6.54 Å². The zero-order valence-corrected chi connectivity index (χ0v) is 13.2. The van der Waals surface area contributed by atoms with E-state index >= 15 is 0 Å². The van der Waals surface area contributed by atoms with Crippen molar-refractivity contribution in [2.75, 3.05) is 18.0 Å². The van der Waals surface area contributed by atoms with Gasteiger partial charge in [0.1, 0.15) is 5.82 Å². The normalized spacial score (nSPS) is 20.3. The van der Waals surface area contributed by atoms with Gasteiger partial charge in [-0.15, -0.1) is 0 Å². The molecule has 3 rings (SSSR count). The standard InChI is InChI=1S/C18H27FN2/c1-13(2)14-7-9-21(10-8-14)18-6-3-16(19)11-15(18)12-20-17-4-5-17/h3,6,11,13-14,17,20H,4-5,7-10,12H2,1-2H3. The lowest BCUT2D eigenvalue weighted by Crippen LogP contribution is -2.36. The average Bonchev–Trinajstić information content (AvgIpc) is 3.29. The molecule has 1 aromatic rings. The number of anilines is 1. The summed E-state index contributed by atoms with van der Waals surface area (Å²) in [5, 5.41) is 3.51. The van der Waals surface area contributed by atoms with Crippen molar-refractivity contribution in [3.05, 3.63) is 29.6 Å². The van der Waals surface area contributed by atoms with Gasteiger partial charge in [-0.2, -0.15) is 0 Å². The molecule has 2 nitrogen and oxygen atoms in total. The molecule has 3 heteroatoms. The van der Waals surface area contributed by atoms with Gasteiger partial charge in [0.2, 0.25) is 0 Å². The van der Waals surface area contributed by atoms with E-state index in [1.165, 1.54) is 31.4 Å². The first-order valence-electron chi connectivity index (χ1n) is 8.40. The van der Waals surface area contributed by atoms with Gasteiger partial charge in [-0.25, -0.2) is 4.39 Å². The molecule has 0 spiro atoms. The van der Waals surface area contributed by atoms with Crippen LogP contribution in [0.5, 0.6) is 0 Å². The summed E-state index contributed by atoms with van der Waals surface area (Å²) in [4.78, 5) is 2.45. The van der Waals surface area contributed by atoms with Crippen molar-refractivity contribution < 1.29 is 4.39 Å². The number of hydrogen-bond acceptors (Lipinski definition) is 2. The van der Waals surface area contributed by atoms with Crippen LogP contribution >= 0.6 is 0 Å². The molecule has 0 bridgehead atoms. The van der Waals surface area contributed by atoms with Crippen molar-refractivity contribution in [1.29, 1.82) is 0 Å². The number of piperidine rings is 1. The Hall–Kier alpha value is -1.09. The Morgan fingerprint density at radius 3 is 2.52 bits per heavy atom. The Labute approximate surface area is 127 Å². The third-order valence-electron chi connectivity index (χ3n) is 5.02. The first kappa shape index (κ1) is 14.8. The fourth-order valence-corrected chi connectivity index (χ4v) is 3.35. The average molecular weight is 290 g/mol. The molecule has 2 fully saturated rings. The minimum atomic E-state index is -0.122. The molecule has 0 radical (unpaired) electrons. The van der Waals surface area contributed by atoms with Crippen molar-refractivity contribution >= 4 is 5.69 Å². The second-order valence-electron chi connectivity index (χ2n) is 7.00. The monoisotopic (exact) mass is 290 g/mol. The van der Waals surface area contributed by atoms with Gasteiger partial charge < -0.3 is 10.2 Å². The summed E-state index contributed by atoms with van der Waals surface area (Å²) in [5.41, 5.74) is 2.34. The van der Waals surface area contributed by atoms with E-state index in [2.05, 4.69) is 24.1 Å². The fourth-order valence-electron chi connectivity index (χ4n) is 3.35. The van der Waals surface area contributed by atoms with E-state index in [9.17, 15) is 4.39 Å². The van der Waals surface area contributed by atoms with Gasteiger partial charge in [0.15, 0.2) is 0 Å². The van der Waals surface area contributed by atoms with Crippen LogP contribution in [0.1, 0.15) is 45.1 Å². The highest BCUT2D eigenvalue weighted by molar-refractivity contribution is 5.54. The largest absolute Gasteiger partial charge is 0.371 e. The lowest BCUT2D eigenvalue weighted by Gasteiger charge is -2.36. The second kappa shape index (κ2) is 6.35. The number of hydrogen-bond donors (Lipinski definition) is 1. The van der Waals surface area contributed by atoms with Crippen LogP contribution in [0, 0.1) is 17.7 Å². The SMILES string of the molecule is CC(C)C1CCN(c2ccc(F)cc2CNC2CC2)CC1. The predicted molar refractivity (Wildman–Crippen MR) is 86.0 cm³/mol. The molecule has 2 aliphatic rings. The molecule has 1 aromatic carbocycles. The predicted octanol–water partition coefficient (Wildman–Crippen LogP) is 3.95. The number of nitrogens with zero attached hydrogens (tertiary/aromatic N) is 1. The molecule has 1 N–H and O–H groups in total. The summed E-state index contributed by atoms with van der Waals surface area (Å²) >= 11 is 0. The maximum atomic E-state index is 13.6. The molecule has 1 saturated carbocycles. The van der Waals surface area contributed by atoms with Gasteiger partial charge >= 0.3 is 0 Å². The van der Waals surface area contributed by atoms with E-state index in [-0.39, 0.29) is 5.82 Å². The highest BCUT2D eigenvalue weighted by Gasteiger charge is 2.24. The van der Waals surface area contributed by atoms with Gasteiger partial charge in [-0.1, -0.05) is 13.8 Å². The van der Waals surface area contributed by atoms with Gasteiger partial charge in [0.05, 0.1) is 0 Å². The lowest BCUT2D eigenvalue weighted by atomic mass is 9.86. The van der Waals surface area contributed by atoms with Crippen LogP contribution < -0.4 is 10.2 Å². The Morgan fingerprint density at radius 1 is 1.19 bits per heavy atom.